The highest BCUT2D eigenvalue weighted by atomic mass is 79.9. The zero-order chi connectivity index (χ0) is 11.5. The second kappa shape index (κ2) is 5.17. The fourth-order valence-electron chi connectivity index (χ4n) is 1.33. The quantitative estimate of drug-likeness (QED) is 0.885. The van der Waals surface area contributed by atoms with Crippen LogP contribution in [0.4, 0.5) is 5.69 Å². The number of nitrogens with zero attached hydrogens (tertiary/aromatic N) is 1. The summed E-state index contributed by atoms with van der Waals surface area (Å²) in [6.07, 6.45) is 1.82. The zero-order valence-electron chi connectivity index (χ0n) is 8.58. The number of hydrogen-bond donors (Lipinski definition) is 1. The molecule has 84 valence electrons. The first-order valence-electron chi connectivity index (χ1n) is 4.78. The number of halogens is 2. The highest BCUT2D eigenvalue weighted by Crippen LogP contribution is 2.26. The summed E-state index contributed by atoms with van der Waals surface area (Å²) >= 11 is 10.9. The minimum absolute atomic E-state index is 0.192. The summed E-state index contributed by atoms with van der Waals surface area (Å²) in [4.78, 5) is 4.31. The SMILES string of the molecule is CC(Nc1ccc(Cl)cc1)c1ncc(Br)s1. The Kier molecular flexibility index (Phi) is 3.84. The van der Waals surface area contributed by atoms with E-state index in [1.807, 2.05) is 30.5 Å². The van der Waals surface area contributed by atoms with Crippen LogP contribution in [-0.2, 0) is 0 Å². The van der Waals surface area contributed by atoms with Crippen molar-refractivity contribution < 1.29 is 0 Å². The topological polar surface area (TPSA) is 24.9 Å². The lowest BCUT2D eigenvalue weighted by Gasteiger charge is -2.12. The normalized spacial score (nSPS) is 12.4. The van der Waals surface area contributed by atoms with Gasteiger partial charge in [0.25, 0.3) is 0 Å². The molecule has 5 heteroatoms. The summed E-state index contributed by atoms with van der Waals surface area (Å²) in [5.41, 5.74) is 1.04. The van der Waals surface area contributed by atoms with Crippen LogP contribution in [0.25, 0.3) is 0 Å². The van der Waals surface area contributed by atoms with E-state index in [0.717, 1.165) is 19.5 Å². The van der Waals surface area contributed by atoms with Gasteiger partial charge in [-0.15, -0.1) is 11.3 Å². The van der Waals surface area contributed by atoms with Crippen LogP contribution in [0.5, 0.6) is 0 Å². The van der Waals surface area contributed by atoms with E-state index in [-0.39, 0.29) is 6.04 Å². The molecule has 0 fully saturated rings. The molecule has 2 nitrogen and oxygen atoms in total. The third-order valence-corrected chi connectivity index (χ3v) is 4.00. The summed E-state index contributed by atoms with van der Waals surface area (Å²) in [5, 5.41) is 5.17. The standard InChI is InChI=1S/C11H10BrClN2S/c1-7(11-14-6-10(12)16-11)15-9-4-2-8(13)3-5-9/h2-7,15H,1H3. The first-order chi connectivity index (χ1) is 7.65. The first-order valence-corrected chi connectivity index (χ1v) is 6.77. The van der Waals surface area contributed by atoms with Crippen LogP contribution in [0.15, 0.2) is 34.2 Å². The van der Waals surface area contributed by atoms with Crippen LogP contribution in [0.3, 0.4) is 0 Å². The van der Waals surface area contributed by atoms with Crippen molar-refractivity contribution in [3.8, 4) is 0 Å². The fraction of sp³-hybridized carbons (Fsp3) is 0.182. The molecule has 16 heavy (non-hydrogen) atoms. The second-order valence-corrected chi connectivity index (χ2v) is 6.25. The third kappa shape index (κ3) is 2.97. The number of hydrogen-bond acceptors (Lipinski definition) is 3. The summed E-state index contributed by atoms with van der Waals surface area (Å²) in [6, 6.07) is 7.85. The third-order valence-electron chi connectivity index (χ3n) is 2.09. The number of aromatic nitrogens is 1. The molecule has 0 saturated heterocycles. The molecular weight excluding hydrogens is 308 g/mol. The Morgan fingerprint density at radius 1 is 1.38 bits per heavy atom. The van der Waals surface area contributed by atoms with Gasteiger partial charge < -0.3 is 5.32 Å². The van der Waals surface area contributed by atoms with E-state index < -0.39 is 0 Å². The second-order valence-electron chi connectivity index (χ2n) is 3.38. The Morgan fingerprint density at radius 3 is 2.62 bits per heavy atom. The van der Waals surface area contributed by atoms with Crippen LogP contribution in [-0.4, -0.2) is 4.98 Å². The van der Waals surface area contributed by atoms with Gasteiger partial charge in [-0.3, -0.25) is 0 Å². The molecule has 1 aromatic carbocycles. The molecule has 0 amide bonds. The maximum Gasteiger partial charge on any atom is 0.116 e. The van der Waals surface area contributed by atoms with Gasteiger partial charge in [-0.05, 0) is 47.1 Å². The molecule has 2 aromatic rings. The van der Waals surface area contributed by atoms with E-state index in [9.17, 15) is 0 Å². The number of nitrogens with one attached hydrogen (secondary N) is 1. The Balaban J connectivity index is 2.07. The molecule has 2 rings (SSSR count). The average molecular weight is 318 g/mol. The van der Waals surface area contributed by atoms with Crippen LogP contribution in [0.1, 0.15) is 18.0 Å². The largest absolute Gasteiger partial charge is 0.376 e. The molecular formula is C11H10BrClN2S. The Morgan fingerprint density at radius 2 is 2.06 bits per heavy atom. The molecule has 0 spiro atoms. The molecule has 0 aliphatic rings. The van der Waals surface area contributed by atoms with E-state index >= 15 is 0 Å². The lowest BCUT2D eigenvalue weighted by molar-refractivity contribution is 0.870. The van der Waals surface area contributed by atoms with Crippen molar-refractivity contribution in [2.45, 2.75) is 13.0 Å². The van der Waals surface area contributed by atoms with Crippen molar-refractivity contribution in [1.82, 2.24) is 4.98 Å². The number of benzene rings is 1. The predicted molar refractivity (Wildman–Crippen MR) is 73.3 cm³/mol. The van der Waals surface area contributed by atoms with E-state index in [2.05, 4.69) is 33.2 Å². The molecule has 0 radical (unpaired) electrons. The summed E-state index contributed by atoms with van der Waals surface area (Å²) in [5.74, 6) is 0. The summed E-state index contributed by atoms with van der Waals surface area (Å²) < 4.78 is 1.05. The predicted octanol–water partition coefficient (Wildman–Crippen LogP) is 4.73. The van der Waals surface area contributed by atoms with E-state index in [1.165, 1.54) is 0 Å². The van der Waals surface area contributed by atoms with Gasteiger partial charge in [0, 0.05) is 10.7 Å². The van der Waals surface area contributed by atoms with E-state index in [4.69, 9.17) is 11.6 Å². The highest BCUT2D eigenvalue weighted by molar-refractivity contribution is 9.11. The highest BCUT2D eigenvalue weighted by Gasteiger charge is 2.09. The Hall–Kier alpha value is -0.580. The van der Waals surface area contributed by atoms with Gasteiger partial charge in [0.15, 0.2) is 0 Å². The van der Waals surface area contributed by atoms with Crippen LogP contribution < -0.4 is 5.32 Å². The van der Waals surface area contributed by atoms with Crippen molar-refractivity contribution in [2.75, 3.05) is 5.32 Å². The molecule has 1 heterocycles. The lowest BCUT2D eigenvalue weighted by Crippen LogP contribution is -2.05. The molecule has 0 bridgehead atoms. The average Bonchev–Trinajstić information content (AvgIpc) is 2.68. The fourth-order valence-corrected chi connectivity index (χ4v) is 2.70. The van der Waals surface area contributed by atoms with Gasteiger partial charge in [-0.25, -0.2) is 4.98 Å². The molecule has 0 aliphatic heterocycles. The number of rotatable bonds is 3. The van der Waals surface area contributed by atoms with Gasteiger partial charge in [-0.1, -0.05) is 11.6 Å². The summed E-state index contributed by atoms with van der Waals surface area (Å²) in [7, 11) is 0. The van der Waals surface area contributed by atoms with E-state index in [1.54, 1.807) is 11.3 Å². The van der Waals surface area contributed by atoms with Crippen molar-refractivity contribution >= 4 is 44.6 Å². The van der Waals surface area contributed by atoms with Crippen LogP contribution >= 0.6 is 38.9 Å². The molecule has 1 N–H and O–H groups in total. The van der Waals surface area contributed by atoms with Gasteiger partial charge in [0.2, 0.25) is 0 Å². The minimum atomic E-state index is 0.192. The lowest BCUT2D eigenvalue weighted by atomic mass is 10.3. The van der Waals surface area contributed by atoms with Crippen molar-refractivity contribution in [2.24, 2.45) is 0 Å². The smallest absolute Gasteiger partial charge is 0.116 e. The van der Waals surface area contributed by atoms with Gasteiger partial charge in [-0.2, -0.15) is 0 Å². The molecule has 1 atom stereocenters. The number of thiazole rings is 1. The zero-order valence-corrected chi connectivity index (χ0v) is 11.7. The molecule has 1 unspecified atom stereocenters. The summed E-state index contributed by atoms with van der Waals surface area (Å²) in [6.45, 7) is 2.08. The van der Waals surface area contributed by atoms with Crippen LogP contribution in [0.2, 0.25) is 5.02 Å². The van der Waals surface area contributed by atoms with Gasteiger partial charge in [0.1, 0.15) is 5.01 Å². The van der Waals surface area contributed by atoms with Gasteiger partial charge in [0.05, 0.1) is 16.0 Å². The maximum atomic E-state index is 5.82. The minimum Gasteiger partial charge on any atom is -0.376 e. The van der Waals surface area contributed by atoms with Crippen molar-refractivity contribution in [1.29, 1.82) is 0 Å². The molecule has 0 aliphatic carbocycles. The van der Waals surface area contributed by atoms with Gasteiger partial charge >= 0.3 is 0 Å². The van der Waals surface area contributed by atoms with Crippen molar-refractivity contribution in [3.05, 3.63) is 44.3 Å². The maximum absolute atomic E-state index is 5.82. The van der Waals surface area contributed by atoms with Crippen molar-refractivity contribution in [3.63, 3.8) is 0 Å². The Bertz CT molecular complexity index is 469. The Labute approximate surface area is 112 Å². The van der Waals surface area contributed by atoms with E-state index in [0.29, 0.717) is 0 Å². The molecule has 1 aromatic heterocycles. The first kappa shape index (κ1) is 11.9. The van der Waals surface area contributed by atoms with Crippen LogP contribution in [0, 0.1) is 0 Å². The monoisotopic (exact) mass is 316 g/mol. The molecule has 0 saturated carbocycles. The number of anilines is 1.